The second-order valence-electron chi connectivity index (χ2n) is 15.8. The molecule has 0 fully saturated rings. The third kappa shape index (κ3) is 26.4. The SMILES string of the molecule is F[P-](F)(F)(F)(F)F.[Br][Pd+].[Pd+2].[c-]1ccccc1.[c-]1ccccc1.c1ccc(P(CP(c2ccccc2)c2ccccc2)c2ccccc2)cc1.c1ccc(P(CP(c2ccccc2)c2ccccc2)c2ccccc2)cc1. The Kier molecular flexibility index (Phi) is 28.7. The molecule has 0 aliphatic carbocycles. The predicted octanol–water partition coefficient (Wildman–Crippen LogP) is 17.6. The third-order valence-corrected chi connectivity index (χ3v) is 22.2. The van der Waals surface area contributed by atoms with Crippen LogP contribution in [-0.4, -0.2) is 11.8 Å². The van der Waals surface area contributed by atoms with Crippen LogP contribution in [0.4, 0.5) is 25.2 Å². The molecule has 0 saturated heterocycles. The molecule has 396 valence electrons. The van der Waals surface area contributed by atoms with Crippen LogP contribution in [0.15, 0.2) is 303 Å². The molecule has 0 unspecified atom stereocenters. The summed E-state index contributed by atoms with van der Waals surface area (Å²) in [5.41, 5.74) is 0. The fourth-order valence-electron chi connectivity index (χ4n) is 7.08. The van der Waals surface area contributed by atoms with E-state index in [4.69, 9.17) is 0 Å². The second kappa shape index (κ2) is 33.9. The Labute approximate surface area is 481 Å². The maximum atomic E-state index is 9.87. The Balaban J connectivity index is 0.000000236. The summed E-state index contributed by atoms with van der Waals surface area (Å²) in [5, 5.41) is 11.7. The minimum Gasteiger partial charge on any atom is -0.184 e. The summed E-state index contributed by atoms with van der Waals surface area (Å²) in [6.07, 6.45) is 0. The molecular weight excluding hydrogens is 1310 g/mol. The van der Waals surface area contributed by atoms with Crippen LogP contribution in [0.5, 0.6) is 0 Å². The van der Waals surface area contributed by atoms with E-state index in [0.29, 0.717) is 0 Å². The van der Waals surface area contributed by atoms with Gasteiger partial charge in [-0.15, -0.1) is 0 Å². The Morgan fingerprint density at radius 1 is 0.263 bits per heavy atom. The van der Waals surface area contributed by atoms with E-state index in [0.717, 1.165) is 0 Å². The van der Waals surface area contributed by atoms with Gasteiger partial charge in [0.1, 0.15) is 0 Å². The Bertz CT molecular complexity index is 2420. The van der Waals surface area contributed by atoms with E-state index >= 15 is 0 Å². The van der Waals surface area contributed by atoms with Gasteiger partial charge in [0.05, 0.1) is 0 Å². The number of hydrogen-bond donors (Lipinski definition) is 0. The largest absolute Gasteiger partial charge is 2.00 e. The molecule has 10 rings (SSSR count). The number of benzene rings is 10. The van der Waals surface area contributed by atoms with E-state index in [9.17, 15) is 25.2 Å². The van der Waals surface area contributed by atoms with Gasteiger partial charge >= 0.3 is 84.0 Å². The third-order valence-electron chi connectivity index (χ3n) is 10.3. The minimum absolute atomic E-state index is 0. The van der Waals surface area contributed by atoms with E-state index < -0.39 is 39.5 Å². The predicted molar refractivity (Wildman–Crippen MR) is 319 cm³/mol. The molecule has 0 amide bonds. The van der Waals surface area contributed by atoms with Crippen molar-refractivity contribution in [3.05, 3.63) is 315 Å². The molecule has 0 heterocycles. The Morgan fingerprint density at radius 3 is 0.474 bits per heavy atom. The summed E-state index contributed by atoms with van der Waals surface area (Å²) in [6, 6.07) is 113. The molecule has 0 spiro atoms. The molecule has 0 radical (unpaired) electrons. The van der Waals surface area contributed by atoms with Gasteiger partial charge in [0.25, 0.3) is 0 Å². The van der Waals surface area contributed by atoms with Crippen molar-refractivity contribution in [2.24, 2.45) is 0 Å². The Hall–Kier alpha value is -4.27. The maximum absolute atomic E-state index is 10.7. The van der Waals surface area contributed by atoms with Gasteiger partial charge in [-0.05, 0) is 74.1 Å². The molecule has 10 aromatic carbocycles. The number of hydrogen-bond acceptors (Lipinski definition) is 0. The van der Waals surface area contributed by atoms with Crippen molar-refractivity contribution in [2.75, 3.05) is 11.8 Å². The first kappa shape index (κ1) is 64.3. The fourth-order valence-corrected chi connectivity index (χ4v) is 20.0. The first-order valence-electron chi connectivity index (χ1n) is 23.3. The smallest absolute Gasteiger partial charge is 0.184 e. The topological polar surface area (TPSA) is 0 Å². The summed E-state index contributed by atoms with van der Waals surface area (Å²) in [7, 11) is -12.3. The molecule has 0 aromatic heterocycles. The van der Waals surface area contributed by atoms with Crippen LogP contribution in [0.3, 0.4) is 0 Å². The molecule has 0 N–H and O–H groups in total. The summed E-state index contributed by atoms with van der Waals surface area (Å²) >= 11 is 5.35. The molecule has 10 aromatic rings. The van der Waals surface area contributed by atoms with E-state index in [-0.39, 0.29) is 20.4 Å². The maximum Gasteiger partial charge on any atom is 2.00 e. The molecule has 0 bridgehead atoms. The van der Waals surface area contributed by atoms with Crippen LogP contribution < -0.4 is 42.4 Å². The van der Waals surface area contributed by atoms with Crippen LogP contribution in [0.1, 0.15) is 0 Å². The number of rotatable bonds is 12. The first-order valence-corrected chi connectivity index (χ1v) is 35.0. The second-order valence-corrected chi connectivity index (χ2v) is 27.5. The Morgan fingerprint density at radius 2 is 0.382 bits per heavy atom. The van der Waals surface area contributed by atoms with Crippen molar-refractivity contribution < 1.29 is 62.8 Å². The normalized spacial score (nSPS) is 11.3. The molecule has 76 heavy (non-hydrogen) atoms. The van der Waals surface area contributed by atoms with Crippen LogP contribution in [0.25, 0.3) is 0 Å². The van der Waals surface area contributed by atoms with Gasteiger partial charge in [0, 0.05) is 11.8 Å². The monoisotopic (exact) mass is 1360 g/mol. The van der Waals surface area contributed by atoms with Crippen LogP contribution in [0.2, 0.25) is 0 Å². The summed E-state index contributed by atoms with van der Waals surface area (Å²) in [4.78, 5) is 0. The summed E-state index contributed by atoms with van der Waals surface area (Å²) < 4.78 is 59.2. The van der Waals surface area contributed by atoms with Gasteiger partial charge in [0.2, 0.25) is 0 Å². The van der Waals surface area contributed by atoms with Gasteiger partial charge in [0.15, 0.2) is 0 Å². The standard InChI is InChI=1S/2C25H22P2.2C6H5.BrH.F6P.2Pd/c2*1-5-13-22(14-6-1)26(23-15-7-2-8-16-23)21-27(24-17-9-3-10-18-24)25-19-11-4-12-20-25;2*1-2-4-6-5-3-1;;1-7(2,3,4,5)6;;/h2*1-20H,21H2;2*1-5H;1H;;;/q;;2*-1;;-1;2*+2/p-1. The van der Waals surface area contributed by atoms with Crippen molar-refractivity contribution in [3.63, 3.8) is 0 Å². The molecular formula is C62H54BrF6P5Pd2. The van der Waals surface area contributed by atoms with Crippen LogP contribution in [0, 0.1) is 12.1 Å². The average molecular weight is 1360 g/mol. The molecule has 0 aliphatic rings. The molecule has 0 atom stereocenters. The zero-order valence-corrected chi connectivity index (χ0v) is 50.0. The van der Waals surface area contributed by atoms with Crippen molar-refractivity contribution in [1.82, 2.24) is 0 Å². The first-order chi connectivity index (χ1) is 36.3. The van der Waals surface area contributed by atoms with Crippen LogP contribution >= 0.6 is 52.9 Å². The zero-order chi connectivity index (χ0) is 53.5. The van der Waals surface area contributed by atoms with Gasteiger partial charge in [-0.25, -0.2) is 0 Å². The fraction of sp³-hybridized carbons (Fsp3) is 0.0323. The molecule has 0 nitrogen and oxygen atoms in total. The van der Waals surface area contributed by atoms with Crippen molar-refractivity contribution in [3.8, 4) is 0 Å². The minimum atomic E-state index is -10.7. The molecule has 14 heteroatoms. The van der Waals surface area contributed by atoms with E-state index in [1.165, 1.54) is 54.2 Å². The summed E-state index contributed by atoms with van der Waals surface area (Å²) in [5.74, 6) is 2.35. The van der Waals surface area contributed by atoms with Crippen molar-refractivity contribution in [1.29, 1.82) is 0 Å². The van der Waals surface area contributed by atoms with E-state index in [1.54, 1.807) is 0 Å². The van der Waals surface area contributed by atoms with E-state index in [1.807, 2.05) is 60.7 Å². The van der Waals surface area contributed by atoms with Gasteiger partial charge in [-0.3, -0.25) is 0 Å². The number of halogens is 7. The van der Waals surface area contributed by atoms with Crippen molar-refractivity contribution >= 4 is 95.4 Å². The summed E-state index contributed by atoms with van der Waals surface area (Å²) in [6.45, 7) is 0. The van der Waals surface area contributed by atoms with Crippen LogP contribution in [-0.2, 0) is 37.6 Å². The van der Waals surface area contributed by atoms with Crippen molar-refractivity contribution in [2.45, 2.75) is 0 Å². The van der Waals surface area contributed by atoms with E-state index in [2.05, 4.69) is 285 Å². The van der Waals surface area contributed by atoms with Gasteiger partial charge in [-0.1, -0.05) is 243 Å². The average Bonchev–Trinajstić information content (AvgIpc) is 3.47. The van der Waals surface area contributed by atoms with Gasteiger partial charge < -0.3 is 0 Å². The zero-order valence-electron chi connectivity index (χ0n) is 40.8. The molecule has 0 aliphatic heterocycles. The quantitative estimate of drug-likeness (QED) is 0.0495. The van der Waals surface area contributed by atoms with Gasteiger partial charge in [-0.2, -0.15) is 72.8 Å². The molecule has 0 saturated carbocycles.